The van der Waals surface area contributed by atoms with E-state index in [1.807, 2.05) is 61.2 Å². The van der Waals surface area contributed by atoms with Gasteiger partial charge < -0.3 is 25.9 Å². The van der Waals surface area contributed by atoms with Gasteiger partial charge in [-0.1, -0.05) is 18.2 Å². The second kappa shape index (κ2) is 10.3. The third kappa shape index (κ3) is 6.39. The number of nitrogens with zero attached hydrogens (tertiary/aromatic N) is 2. The van der Waals surface area contributed by atoms with Crippen LogP contribution in [0, 0.1) is 5.41 Å². The fraction of sp³-hybridized carbons (Fsp3) is 0.250. The predicted octanol–water partition coefficient (Wildman–Crippen LogP) is 3.84. The van der Waals surface area contributed by atoms with Gasteiger partial charge in [0, 0.05) is 41.5 Å². The molecule has 3 rings (SSSR count). The number of anilines is 1. The van der Waals surface area contributed by atoms with Crippen LogP contribution in [0.5, 0.6) is 0 Å². The highest BCUT2D eigenvalue weighted by atomic mass is 32.1. The van der Waals surface area contributed by atoms with Gasteiger partial charge in [-0.2, -0.15) is 0 Å². The Labute approximate surface area is 197 Å². The van der Waals surface area contributed by atoms with E-state index >= 15 is 0 Å². The number of hydrogen-bond acceptors (Lipinski definition) is 6. The lowest BCUT2D eigenvalue weighted by atomic mass is 10.1. The summed E-state index contributed by atoms with van der Waals surface area (Å²) in [5, 5.41) is 18.6. The van der Waals surface area contributed by atoms with Crippen molar-refractivity contribution in [2.45, 2.75) is 26.3 Å². The van der Waals surface area contributed by atoms with Gasteiger partial charge in [-0.25, -0.2) is 4.98 Å². The summed E-state index contributed by atoms with van der Waals surface area (Å²) in [6, 6.07) is 9.25. The Balaban J connectivity index is 1.58. The van der Waals surface area contributed by atoms with Crippen LogP contribution >= 0.6 is 11.3 Å². The zero-order valence-corrected chi connectivity index (χ0v) is 19.9. The van der Waals surface area contributed by atoms with E-state index in [4.69, 9.17) is 5.41 Å². The average Bonchev–Trinajstić information content (AvgIpc) is 3.46. The number of amides is 2. The molecule has 8 nitrogen and oxygen atoms in total. The molecule has 0 atom stereocenters. The van der Waals surface area contributed by atoms with Gasteiger partial charge >= 0.3 is 0 Å². The Morgan fingerprint density at radius 1 is 1.21 bits per heavy atom. The molecule has 3 aromatic rings. The van der Waals surface area contributed by atoms with Crippen molar-refractivity contribution in [3.8, 4) is 11.3 Å². The zero-order valence-electron chi connectivity index (χ0n) is 19.1. The van der Waals surface area contributed by atoms with E-state index in [9.17, 15) is 9.59 Å². The summed E-state index contributed by atoms with van der Waals surface area (Å²) in [7, 11) is 1.78. The van der Waals surface area contributed by atoms with E-state index in [0.717, 1.165) is 11.1 Å². The molecule has 0 aliphatic carbocycles. The molecule has 0 saturated heterocycles. The van der Waals surface area contributed by atoms with Gasteiger partial charge in [0.15, 0.2) is 5.13 Å². The number of aromatic nitrogens is 2. The van der Waals surface area contributed by atoms with Crippen LogP contribution < -0.4 is 16.0 Å². The molecule has 33 heavy (non-hydrogen) atoms. The third-order valence-corrected chi connectivity index (χ3v) is 5.53. The van der Waals surface area contributed by atoms with Gasteiger partial charge in [-0.05, 0) is 45.2 Å². The number of carbonyl (C=O) groups is 2. The van der Waals surface area contributed by atoms with Crippen molar-refractivity contribution < 1.29 is 9.59 Å². The summed E-state index contributed by atoms with van der Waals surface area (Å²) in [4.78, 5) is 29.1. The standard InChI is InChI=1S/C24H28N6O2S/c1-24(2,3)30-11-9-18(14-30)22(32)27-13-21(31)29-23-28-20(15-33-23)17-7-5-6-16(12-17)19(25)8-10-26-4/h5-12,14-15,25-26H,13H2,1-4H3,(H,27,32)(H,28,29,31)/b10-8-,25-19?. The average molecular weight is 465 g/mol. The number of benzene rings is 1. The number of rotatable bonds is 8. The van der Waals surface area contributed by atoms with E-state index in [2.05, 4.69) is 20.9 Å². The third-order valence-electron chi connectivity index (χ3n) is 4.78. The second-order valence-corrected chi connectivity index (χ2v) is 9.22. The van der Waals surface area contributed by atoms with Crippen LogP contribution in [0.3, 0.4) is 0 Å². The first-order chi connectivity index (χ1) is 15.7. The Bertz CT molecular complexity index is 1190. The van der Waals surface area contributed by atoms with Crippen molar-refractivity contribution in [1.82, 2.24) is 20.2 Å². The number of nitrogens with one attached hydrogen (secondary N) is 4. The first-order valence-electron chi connectivity index (χ1n) is 10.4. The van der Waals surface area contributed by atoms with E-state index in [1.165, 1.54) is 11.3 Å². The van der Waals surface area contributed by atoms with Crippen LogP contribution in [0.4, 0.5) is 5.13 Å². The number of thiazole rings is 1. The summed E-state index contributed by atoms with van der Waals surface area (Å²) in [5.74, 6) is -0.660. The number of allylic oxidation sites excluding steroid dienone is 1. The highest BCUT2D eigenvalue weighted by Gasteiger charge is 2.16. The molecule has 9 heteroatoms. The molecule has 0 fully saturated rings. The van der Waals surface area contributed by atoms with Crippen molar-refractivity contribution in [2.24, 2.45) is 0 Å². The lowest BCUT2D eigenvalue weighted by molar-refractivity contribution is -0.115. The van der Waals surface area contributed by atoms with Crippen LogP contribution in [0.1, 0.15) is 36.7 Å². The monoisotopic (exact) mass is 464 g/mol. The van der Waals surface area contributed by atoms with E-state index in [1.54, 1.807) is 31.6 Å². The van der Waals surface area contributed by atoms with Crippen LogP contribution in [0.25, 0.3) is 11.3 Å². The maximum Gasteiger partial charge on any atom is 0.253 e. The molecule has 0 radical (unpaired) electrons. The molecule has 0 bridgehead atoms. The molecular formula is C24H28N6O2S. The predicted molar refractivity (Wildman–Crippen MR) is 133 cm³/mol. The molecule has 0 spiro atoms. The lowest BCUT2D eigenvalue weighted by Crippen LogP contribution is -2.32. The maximum atomic E-state index is 12.3. The van der Waals surface area contributed by atoms with Crippen LogP contribution in [0.15, 0.2) is 60.4 Å². The van der Waals surface area contributed by atoms with Crippen LogP contribution in [-0.4, -0.2) is 40.7 Å². The lowest BCUT2D eigenvalue weighted by Gasteiger charge is -2.20. The first-order valence-corrected chi connectivity index (χ1v) is 11.3. The summed E-state index contributed by atoms with van der Waals surface area (Å²) in [6.45, 7) is 5.99. The fourth-order valence-corrected chi connectivity index (χ4v) is 3.68. The van der Waals surface area contributed by atoms with E-state index < -0.39 is 0 Å². The quantitative estimate of drug-likeness (QED) is 0.380. The number of carbonyl (C=O) groups excluding carboxylic acids is 2. The highest BCUT2D eigenvalue weighted by molar-refractivity contribution is 7.14. The SMILES string of the molecule is CN/C=C\C(=N)c1cccc(-c2csc(NC(=O)CNC(=O)c3ccn(C(C)(C)C)c3)n2)c1. The summed E-state index contributed by atoms with van der Waals surface area (Å²) >= 11 is 1.30. The van der Waals surface area contributed by atoms with Gasteiger partial charge in [0.1, 0.15) is 0 Å². The largest absolute Gasteiger partial charge is 0.394 e. The van der Waals surface area contributed by atoms with Crippen LogP contribution in [0.2, 0.25) is 0 Å². The van der Waals surface area contributed by atoms with E-state index in [-0.39, 0.29) is 23.9 Å². The van der Waals surface area contributed by atoms with Crippen molar-refractivity contribution in [3.05, 3.63) is 71.5 Å². The molecule has 0 saturated carbocycles. The van der Waals surface area contributed by atoms with E-state index in [0.29, 0.717) is 22.1 Å². The Morgan fingerprint density at radius 2 is 2.00 bits per heavy atom. The first kappa shape index (κ1) is 23.9. The molecule has 2 heterocycles. The Morgan fingerprint density at radius 3 is 2.70 bits per heavy atom. The molecule has 0 unspecified atom stereocenters. The Kier molecular flexibility index (Phi) is 7.44. The molecule has 0 aliphatic rings. The molecule has 2 amide bonds. The van der Waals surface area contributed by atoms with Crippen molar-refractivity contribution in [3.63, 3.8) is 0 Å². The van der Waals surface area contributed by atoms with Gasteiger partial charge in [-0.15, -0.1) is 11.3 Å². The second-order valence-electron chi connectivity index (χ2n) is 8.36. The zero-order chi connectivity index (χ0) is 24.0. The number of hydrogen-bond donors (Lipinski definition) is 4. The molecule has 4 N–H and O–H groups in total. The minimum atomic E-state index is -0.354. The summed E-state index contributed by atoms with van der Waals surface area (Å²) in [5.41, 5.74) is 3.08. The molecule has 2 aromatic heterocycles. The maximum absolute atomic E-state index is 12.3. The molecule has 1 aromatic carbocycles. The normalized spacial score (nSPS) is 11.4. The van der Waals surface area contributed by atoms with Gasteiger partial charge in [0.25, 0.3) is 5.91 Å². The topological polar surface area (TPSA) is 112 Å². The van der Waals surface area contributed by atoms with Crippen molar-refractivity contribution in [1.29, 1.82) is 5.41 Å². The smallest absolute Gasteiger partial charge is 0.253 e. The molecule has 172 valence electrons. The molecular weight excluding hydrogens is 436 g/mol. The van der Waals surface area contributed by atoms with Crippen molar-refractivity contribution >= 4 is 34.0 Å². The van der Waals surface area contributed by atoms with Gasteiger partial charge in [0.05, 0.1) is 23.5 Å². The summed E-state index contributed by atoms with van der Waals surface area (Å²) in [6.07, 6.45) is 6.99. The van der Waals surface area contributed by atoms with Crippen molar-refractivity contribution in [2.75, 3.05) is 18.9 Å². The minimum Gasteiger partial charge on any atom is -0.394 e. The fourth-order valence-electron chi connectivity index (χ4n) is 2.95. The Hall–Kier alpha value is -3.72. The summed E-state index contributed by atoms with van der Waals surface area (Å²) < 4.78 is 1.95. The van der Waals surface area contributed by atoms with Gasteiger partial charge in [-0.3, -0.25) is 9.59 Å². The van der Waals surface area contributed by atoms with Crippen LogP contribution in [-0.2, 0) is 10.3 Å². The van der Waals surface area contributed by atoms with Gasteiger partial charge in [0.2, 0.25) is 5.91 Å². The highest BCUT2D eigenvalue weighted by Crippen LogP contribution is 2.25. The minimum absolute atomic E-state index is 0.123. The molecule has 0 aliphatic heterocycles.